The van der Waals surface area contributed by atoms with Crippen molar-refractivity contribution in [2.24, 2.45) is 0 Å². The molecule has 0 atom stereocenters. The van der Waals surface area contributed by atoms with Crippen molar-refractivity contribution in [3.05, 3.63) is 34.9 Å². The molecule has 0 spiro atoms. The molecule has 0 radical (unpaired) electrons. The first-order valence-electron chi connectivity index (χ1n) is 5.14. The van der Waals surface area contributed by atoms with Gasteiger partial charge in [-0.1, -0.05) is 34.9 Å². The van der Waals surface area contributed by atoms with Crippen molar-refractivity contribution in [2.75, 3.05) is 6.61 Å². The van der Waals surface area contributed by atoms with Gasteiger partial charge in [0, 0.05) is 6.92 Å². The summed E-state index contributed by atoms with van der Waals surface area (Å²) in [4.78, 5) is 9.82. The molecule has 0 saturated carbocycles. The van der Waals surface area contributed by atoms with Gasteiger partial charge in [0.15, 0.2) is 0 Å². The van der Waals surface area contributed by atoms with Crippen LogP contribution in [0.25, 0.3) is 0 Å². The standard InChI is InChI=1S/C9H12.C4H8O2/c1-7-4-8(2)6-9(3)5-7;1-3-6-4(2)5/h4-6H,1-3H3;3H2,1-2H3. The number of carbonyl (C=O) groups excluding carboxylic acids is 1. The molecule has 0 amide bonds. The monoisotopic (exact) mass is 208 g/mol. The highest BCUT2D eigenvalue weighted by Gasteiger charge is 1.87. The number of rotatable bonds is 1. The van der Waals surface area contributed by atoms with Gasteiger partial charge in [-0.3, -0.25) is 4.79 Å². The minimum absolute atomic E-state index is 0.211. The number of hydrogen-bond acceptors (Lipinski definition) is 2. The van der Waals surface area contributed by atoms with Gasteiger partial charge in [0.25, 0.3) is 0 Å². The largest absolute Gasteiger partial charge is 0.466 e. The predicted molar refractivity (Wildman–Crippen MR) is 63.0 cm³/mol. The summed E-state index contributed by atoms with van der Waals surface area (Å²) in [6.45, 7) is 10.0. The molecule has 0 aliphatic rings. The van der Waals surface area contributed by atoms with E-state index in [0.29, 0.717) is 6.61 Å². The Morgan fingerprint density at radius 3 is 1.53 bits per heavy atom. The van der Waals surface area contributed by atoms with E-state index >= 15 is 0 Å². The van der Waals surface area contributed by atoms with Crippen LogP contribution in [0.15, 0.2) is 18.2 Å². The van der Waals surface area contributed by atoms with Crippen LogP contribution in [0.2, 0.25) is 0 Å². The van der Waals surface area contributed by atoms with E-state index < -0.39 is 0 Å². The van der Waals surface area contributed by atoms with E-state index in [2.05, 4.69) is 43.7 Å². The molecule has 0 aliphatic carbocycles. The van der Waals surface area contributed by atoms with Gasteiger partial charge in [0.2, 0.25) is 0 Å². The van der Waals surface area contributed by atoms with Crippen LogP contribution in [0.4, 0.5) is 0 Å². The molecule has 0 heterocycles. The van der Waals surface area contributed by atoms with Crippen molar-refractivity contribution >= 4 is 5.97 Å². The van der Waals surface area contributed by atoms with Crippen molar-refractivity contribution in [1.29, 1.82) is 0 Å². The number of ether oxygens (including phenoxy) is 1. The molecule has 2 nitrogen and oxygen atoms in total. The molecule has 0 aliphatic heterocycles. The van der Waals surface area contributed by atoms with Crippen LogP contribution in [0, 0.1) is 20.8 Å². The summed E-state index contributed by atoms with van der Waals surface area (Å²) in [6, 6.07) is 6.56. The zero-order chi connectivity index (χ0) is 11.8. The molecule has 84 valence electrons. The Labute approximate surface area is 92.3 Å². The fourth-order valence-electron chi connectivity index (χ4n) is 1.41. The maximum absolute atomic E-state index is 9.82. The molecular weight excluding hydrogens is 188 g/mol. The summed E-state index contributed by atoms with van der Waals surface area (Å²) in [7, 11) is 0. The van der Waals surface area contributed by atoms with Crippen LogP contribution in [-0.4, -0.2) is 12.6 Å². The van der Waals surface area contributed by atoms with E-state index in [1.807, 2.05) is 0 Å². The second-order valence-electron chi connectivity index (χ2n) is 3.59. The highest BCUT2D eigenvalue weighted by Crippen LogP contribution is 2.06. The van der Waals surface area contributed by atoms with Gasteiger partial charge in [-0.15, -0.1) is 0 Å². The zero-order valence-electron chi connectivity index (χ0n) is 10.3. The van der Waals surface area contributed by atoms with E-state index in [0.717, 1.165) is 0 Å². The first kappa shape index (κ1) is 13.7. The van der Waals surface area contributed by atoms with Gasteiger partial charge in [-0.25, -0.2) is 0 Å². The minimum atomic E-state index is -0.211. The number of esters is 1. The lowest BCUT2D eigenvalue weighted by Gasteiger charge is -1.96. The summed E-state index contributed by atoms with van der Waals surface area (Å²) < 4.78 is 4.40. The summed E-state index contributed by atoms with van der Waals surface area (Å²) in [6.07, 6.45) is 0. The van der Waals surface area contributed by atoms with Gasteiger partial charge in [0.1, 0.15) is 0 Å². The normalized spacial score (nSPS) is 8.87. The minimum Gasteiger partial charge on any atom is -0.466 e. The molecule has 0 saturated heterocycles. The summed E-state index contributed by atoms with van der Waals surface area (Å²) >= 11 is 0. The van der Waals surface area contributed by atoms with Crippen molar-refractivity contribution in [3.63, 3.8) is 0 Å². The van der Waals surface area contributed by atoms with E-state index in [1.165, 1.54) is 23.6 Å². The average molecular weight is 208 g/mol. The van der Waals surface area contributed by atoms with E-state index in [9.17, 15) is 4.79 Å². The fraction of sp³-hybridized carbons (Fsp3) is 0.462. The first-order valence-corrected chi connectivity index (χ1v) is 5.14. The van der Waals surface area contributed by atoms with Crippen LogP contribution in [0.1, 0.15) is 30.5 Å². The zero-order valence-corrected chi connectivity index (χ0v) is 10.3. The lowest BCUT2D eigenvalue weighted by atomic mass is 10.1. The number of carbonyl (C=O) groups is 1. The molecule has 1 rings (SSSR count). The third-order valence-corrected chi connectivity index (χ3v) is 1.71. The summed E-state index contributed by atoms with van der Waals surface area (Å²) in [5.74, 6) is -0.211. The number of hydrogen-bond donors (Lipinski definition) is 0. The van der Waals surface area contributed by atoms with Gasteiger partial charge in [-0.2, -0.15) is 0 Å². The third-order valence-electron chi connectivity index (χ3n) is 1.71. The van der Waals surface area contributed by atoms with E-state index in [-0.39, 0.29) is 5.97 Å². The molecule has 1 aromatic rings. The Morgan fingerprint density at radius 1 is 1.07 bits per heavy atom. The molecule has 0 unspecified atom stereocenters. The second-order valence-corrected chi connectivity index (χ2v) is 3.59. The van der Waals surface area contributed by atoms with Gasteiger partial charge in [-0.05, 0) is 27.7 Å². The van der Waals surface area contributed by atoms with Crippen LogP contribution in [-0.2, 0) is 9.53 Å². The number of aryl methyl sites for hydroxylation is 3. The summed E-state index contributed by atoms with van der Waals surface area (Å²) in [5, 5.41) is 0. The van der Waals surface area contributed by atoms with Crippen LogP contribution in [0.3, 0.4) is 0 Å². The maximum atomic E-state index is 9.82. The Balaban J connectivity index is 0.000000288. The quantitative estimate of drug-likeness (QED) is 0.662. The Kier molecular flexibility index (Phi) is 6.43. The molecule has 15 heavy (non-hydrogen) atoms. The molecular formula is C13H20O2. The molecule has 1 aromatic carbocycles. The smallest absolute Gasteiger partial charge is 0.302 e. The van der Waals surface area contributed by atoms with Crippen LogP contribution >= 0.6 is 0 Å². The summed E-state index contributed by atoms with van der Waals surface area (Å²) in [5.41, 5.74) is 4.06. The highest BCUT2D eigenvalue weighted by atomic mass is 16.5. The average Bonchev–Trinajstić information content (AvgIpc) is 2.00. The third kappa shape index (κ3) is 7.74. The number of benzene rings is 1. The highest BCUT2D eigenvalue weighted by molar-refractivity contribution is 5.65. The van der Waals surface area contributed by atoms with Crippen LogP contribution < -0.4 is 0 Å². The Morgan fingerprint density at radius 2 is 1.40 bits per heavy atom. The van der Waals surface area contributed by atoms with E-state index in [4.69, 9.17) is 0 Å². The molecule has 0 aromatic heterocycles. The van der Waals surface area contributed by atoms with Crippen molar-refractivity contribution in [1.82, 2.24) is 0 Å². The van der Waals surface area contributed by atoms with Crippen molar-refractivity contribution in [2.45, 2.75) is 34.6 Å². The second kappa shape index (κ2) is 7.04. The lowest BCUT2D eigenvalue weighted by Crippen LogP contribution is -1.95. The topological polar surface area (TPSA) is 26.3 Å². The SMILES string of the molecule is CCOC(C)=O.Cc1cc(C)cc(C)c1. The molecule has 0 N–H and O–H groups in total. The Bertz CT molecular complexity index is 266. The molecule has 2 heteroatoms. The first-order chi connectivity index (χ1) is 6.95. The predicted octanol–water partition coefficient (Wildman–Crippen LogP) is 3.18. The lowest BCUT2D eigenvalue weighted by molar-refractivity contribution is -0.140. The van der Waals surface area contributed by atoms with Gasteiger partial charge >= 0.3 is 5.97 Å². The van der Waals surface area contributed by atoms with Crippen molar-refractivity contribution in [3.8, 4) is 0 Å². The Hall–Kier alpha value is -1.31. The van der Waals surface area contributed by atoms with Crippen LogP contribution in [0.5, 0.6) is 0 Å². The molecule has 0 bridgehead atoms. The maximum Gasteiger partial charge on any atom is 0.302 e. The van der Waals surface area contributed by atoms with E-state index in [1.54, 1.807) is 6.92 Å². The molecule has 0 fully saturated rings. The fourth-order valence-corrected chi connectivity index (χ4v) is 1.41. The van der Waals surface area contributed by atoms with Crippen molar-refractivity contribution < 1.29 is 9.53 Å². The van der Waals surface area contributed by atoms with Gasteiger partial charge < -0.3 is 4.74 Å². The van der Waals surface area contributed by atoms with Gasteiger partial charge in [0.05, 0.1) is 6.61 Å².